The number of hydrogen-bond acceptors (Lipinski definition) is 15. The standard InChI is InChI=1S/2C18H14O8.C11H22N2O2/c2*19-15(20)13(25-17(23)11-7-3-1-4-8-11)14(16(21)22)26-18(24)12-9-5-2-6-10-12;1-9-5-6-12-7-8-13(9)10(14)15-11(2,3)4/h2*1-10,13-14H,(H,19,20)(H,21,22);9,12H,5-8H2,1-4H3/t2*13-,14-;9-/m001/s1. The van der Waals surface area contributed by atoms with Crippen molar-refractivity contribution in [2.24, 2.45) is 0 Å². The van der Waals surface area contributed by atoms with Crippen molar-refractivity contribution in [2.75, 3.05) is 19.6 Å². The fraction of sp³-hybridized carbons (Fsp3) is 0.298. The Bertz CT molecular complexity index is 2030. The van der Waals surface area contributed by atoms with Crippen LogP contribution in [-0.4, -0.2) is 135 Å². The smallest absolute Gasteiger partial charge is 0.410 e. The van der Waals surface area contributed by atoms with Crippen molar-refractivity contribution in [3.63, 3.8) is 0 Å². The minimum absolute atomic E-state index is 0.0253. The number of amides is 1. The first kappa shape index (κ1) is 53.2. The van der Waals surface area contributed by atoms with Gasteiger partial charge in [0.15, 0.2) is 0 Å². The van der Waals surface area contributed by atoms with E-state index in [1.807, 2.05) is 25.7 Å². The molecule has 0 aliphatic carbocycles. The zero-order valence-corrected chi connectivity index (χ0v) is 36.7. The second-order valence-corrected chi connectivity index (χ2v) is 15.2. The van der Waals surface area contributed by atoms with Crippen molar-refractivity contribution >= 4 is 53.8 Å². The predicted octanol–water partition coefficient (Wildman–Crippen LogP) is 4.82. The van der Waals surface area contributed by atoms with Gasteiger partial charge < -0.3 is 54.3 Å². The molecule has 0 saturated carbocycles. The van der Waals surface area contributed by atoms with E-state index in [0.717, 1.165) is 26.1 Å². The van der Waals surface area contributed by atoms with Crippen molar-refractivity contribution in [1.82, 2.24) is 10.2 Å². The second kappa shape index (κ2) is 26.0. The SMILES string of the molecule is C[C@@H]1CCNCCN1C(=O)OC(C)(C)C.O=C(O[C@H](C(=O)O)[C@H](OC(=O)c1ccccc1)C(=O)O)c1ccccc1.O=C(O[C@H](C(=O)O)[C@H](OC(=O)c1ccccc1)C(=O)O)c1ccccc1. The Balaban J connectivity index is 0.000000277. The highest BCUT2D eigenvalue weighted by Crippen LogP contribution is 2.17. The Morgan fingerprint density at radius 1 is 0.493 bits per heavy atom. The van der Waals surface area contributed by atoms with Gasteiger partial charge in [-0.1, -0.05) is 72.8 Å². The van der Waals surface area contributed by atoms with Crippen LogP contribution in [0.15, 0.2) is 121 Å². The van der Waals surface area contributed by atoms with Crippen molar-refractivity contribution in [1.29, 1.82) is 0 Å². The molecule has 67 heavy (non-hydrogen) atoms. The molecule has 0 spiro atoms. The lowest BCUT2D eigenvalue weighted by Gasteiger charge is -2.30. The number of carbonyl (C=O) groups is 9. The zero-order valence-electron chi connectivity index (χ0n) is 36.7. The van der Waals surface area contributed by atoms with Crippen molar-refractivity contribution in [3.8, 4) is 0 Å². The first-order valence-corrected chi connectivity index (χ1v) is 20.4. The molecule has 5 rings (SSSR count). The van der Waals surface area contributed by atoms with Crippen LogP contribution in [0.5, 0.6) is 0 Å². The van der Waals surface area contributed by atoms with E-state index in [1.165, 1.54) is 97.1 Å². The highest BCUT2D eigenvalue weighted by Gasteiger charge is 2.42. The van der Waals surface area contributed by atoms with Gasteiger partial charge in [0, 0.05) is 19.1 Å². The van der Waals surface area contributed by atoms with Gasteiger partial charge in [-0.2, -0.15) is 0 Å². The fourth-order valence-corrected chi connectivity index (χ4v) is 5.60. The summed E-state index contributed by atoms with van der Waals surface area (Å²) in [6, 6.07) is 29.9. The maximum atomic E-state index is 12.0. The van der Waals surface area contributed by atoms with Crippen LogP contribution in [0.25, 0.3) is 0 Å². The minimum Gasteiger partial charge on any atom is -0.478 e. The zero-order chi connectivity index (χ0) is 49.7. The summed E-state index contributed by atoms with van der Waals surface area (Å²) in [5, 5.41) is 40.2. The van der Waals surface area contributed by atoms with Gasteiger partial charge in [-0.15, -0.1) is 0 Å². The average molecular weight is 931 g/mol. The quantitative estimate of drug-likeness (QED) is 0.0836. The Morgan fingerprint density at radius 3 is 1.00 bits per heavy atom. The third-order valence-electron chi connectivity index (χ3n) is 8.93. The van der Waals surface area contributed by atoms with Gasteiger partial charge in [-0.3, -0.25) is 0 Å². The largest absolute Gasteiger partial charge is 0.478 e. The monoisotopic (exact) mass is 930 g/mol. The van der Waals surface area contributed by atoms with E-state index in [-0.39, 0.29) is 34.4 Å². The summed E-state index contributed by atoms with van der Waals surface area (Å²) in [6.45, 7) is 10.3. The van der Waals surface area contributed by atoms with Crippen LogP contribution in [0.1, 0.15) is 75.5 Å². The molecular weight excluding hydrogens is 881 g/mol. The molecule has 1 heterocycles. The van der Waals surface area contributed by atoms with Crippen LogP contribution in [0, 0.1) is 0 Å². The van der Waals surface area contributed by atoms with E-state index in [4.69, 9.17) is 23.7 Å². The van der Waals surface area contributed by atoms with E-state index < -0.39 is 77.8 Å². The number of ether oxygens (including phenoxy) is 5. The molecule has 1 aliphatic rings. The van der Waals surface area contributed by atoms with E-state index in [0.29, 0.717) is 0 Å². The molecule has 5 N–H and O–H groups in total. The highest BCUT2D eigenvalue weighted by atomic mass is 16.6. The van der Waals surface area contributed by atoms with Crippen molar-refractivity contribution in [3.05, 3.63) is 144 Å². The van der Waals surface area contributed by atoms with Gasteiger partial charge in [-0.25, -0.2) is 43.2 Å². The summed E-state index contributed by atoms with van der Waals surface area (Å²) in [5.41, 5.74) is -0.305. The predicted molar refractivity (Wildman–Crippen MR) is 233 cm³/mol. The maximum absolute atomic E-state index is 12.0. The van der Waals surface area contributed by atoms with Gasteiger partial charge >= 0.3 is 53.8 Å². The van der Waals surface area contributed by atoms with E-state index in [1.54, 1.807) is 24.3 Å². The third kappa shape index (κ3) is 17.8. The molecule has 20 heteroatoms. The number of nitrogens with zero attached hydrogens (tertiary/aromatic N) is 1. The number of carboxylic acid groups (broad SMARTS) is 4. The number of esters is 4. The molecule has 0 unspecified atom stereocenters. The third-order valence-corrected chi connectivity index (χ3v) is 8.93. The highest BCUT2D eigenvalue weighted by molar-refractivity contribution is 5.96. The number of nitrogens with one attached hydrogen (secondary N) is 1. The summed E-state index contributed by atoms with van der Waals surface area (Å²) in [7, 11) is 0. The first-order valence-electron chi connectivity index (χ1n) is 20.4. The van der Waals surface area contributed by atoms with Gasteiger partial charge in [0.2, 0.25) is 24.4 Å². The number of aliphatic carboxylic acids is 4. The van der Waals surface area contributed by atoms with E-state index in [2.05, 4.69) is 12.2 Å². The summed E-state index contributed by atoms with van der Waals surface area (Å²) >= 11 is 0. The topological polar surface area (TPSA) is 296 Å². The number of carbonyl (C=O) groups excluding carboxylic acids is 5. The number of rotatable bonds is 14. The normalized spacial score (nSPS) is 14.9. The molecular formula is C47H50N2O18. The fourth-order valence-electron chi connectivity index (χ4n) is 5.60. The molecule has 1 aliphatic heterocycles. The lowest BCUT2D eigenvalue weighted by atomic mass is 10.1. The molecule has 20 nitrogen and oxygen atoms in total. The number of carboxylic acids is 4. The summed E-state index contributed by atoms with van der Waals surface area (Å²) < 4.78 is 24.4. The molecule has 4 aromatic carbocycles. The summed E-state index contributed by atoms with van der Waals surface area (Å²) in [5.74, 6) is -11.3. The van der Waals surface area contributed by atoms with Crippen molar-refractivity contribution in [2.45, 2.75) is 70.2 Å². The van der Waals surface area contributed by atoms with Gasteiger partial charge in [0.25, 0.3) is 0 Å². The van der Waals surface area contributed by atoms with Crippen LogP contribution in [0.2, 0.25) is 0 Å². The molecule has 0 aromatic heterocycles. The molecule has 356 valence electrons. The molecule has 1 saturated heterocycles. The molecule has 1 amide bonds. The van der Waals surface area contributed by atoms with Gasteiger partial charge in [0.05, 0.1) is 22.3 Å². The average Bonchev–Trinajstić information content (AvgIpc) is 3.53. The van der Waals surface area contributed by atoms with Crippen LogP contribution in [0.3, 0.4) is 0 Å². The molecule has 0 bridgehead atoms. The van der Waals surface area contributed by atoms with Gasteiger partial charge in [-0.05, 0) is 89.2 Å². The lowest BCUT2D eigenvalue weighted by molar-refractivity contribution is -0.166. The maximum Gasteiger partial charge on any atom is 0.410 e. The first-order chi connectivity index (χ1) is 31.7. The van der Waals surface area contributed by atoms with Crippen molar-refractivity contribution < 1.29 is 87.3 Å². The van der Waals surface area contributed by atoms with E-state index >= 15 is 0 Å². The molecule has 1 fully saturated rings. The van der Waals surface area contributed by atoms with Crippen LogP contribution < -0.4 is 5.32 Å². The summed E-state index contributed by atoms with van der Waals surface area (Å²) in [4.78, 5) is 107. The second-order valence-electron chi connectivity index (χ2n) is 15.2. The Hall–Kier alpha value is -8.13. The molecule has 4 aromatic rings. The Kier molecular flexibility index (Phi) is 20.6. The summed E-state index contributed by atoms with van der Waals surface area (Å²) in [6.07, 6.45) is -8.07. The van der Waals surface area contributed by atoms with Crippen LogP contribution in [0.4, 0.5) is 4.79 Å². The number of benzene rings is 4. The van der Waals surface area contributed by atoms with Gasteiger partial charge in [0.1, 0.15) is 5.60 Å². The Labute approximate surface area is 384 Å². The molecule has 0 radical (unpaired) electrons. The number of hydrogen-bond donors (Lipinski definition) is 5. The lowest BCUT2D eigenvalue weighted by Crippen LogP contribution is -2.45. The van der Waals surface area contributed by atoms with Crippen LogP contribution in [-0.2, 0) is 42.9 Å². The Morgan fingerprint density at radius 2 is 0.761 bits per heavy atom. The molecule has 5 atom stereocenters. The minimum atomic E-state index is -2.21. The van der Waals surface area contributed by atoms with E-state index in [9.17, 15) is 63.6 Å². The van der Waals surface area contributed by atoms with Crippen LogP contribution >= 0.6 is 0 Å².